The van der Waals surface area contributed by atoms with Crippen LogP contribution >= 0.6 is 22.5 Å². The molecule has 1 aliphatic rings. The highest BCUT2D eigenvalue weighted by atomic mass is 33.1. The smallest absolute Gasteiger partial charge is 0.0818 e. The van der Waals surface area contributed by atoms with Gasteiger partial charge in [-0.25, -0.2) is 0 Å². The van der Waals surface area contributed by atoms with E-state index >= 15 is 0 Å². The third-order valence-electron chi connectivity index (χ3n) is 1.90. The van der Waals surface area contributed by atoms with Crippen molar-refractivity contribution >= 4 is 28.7 Å². The van der Waals surface area contributed by atoms with E-state index in [1.54, 1.807) is 6.20 Å². The molecule has 0 amide bonds. The molecule has 4 heteroatoms. The van der Waals surface area contributed by atoms with Gasteiger partial charge < -0.3 is 5.32 Å². The molecule has 0 radical (unpaired) electrons. The molecule has 0 spiro atoms. The van der Waals surface area contributed by atoms with Crippen LogP contribution in [0.3, 0.4) is 0 Å². The molecule has 2 unspecified atom stereocenters. The second-order valence-corrected chi connectivity index (χ2v) is 4.32. The van der Waals surface area contributed by atoms with Gasteiger partial charge in [0, 0.05) is 23.9 Å². The van der Waals surface area contributed by atoms with E-state index in [0.717, 1.165) is 0 Å². The van der Waals surface area contributed by atoms with Gasteiger partial charge in [-0.05, 0) is 13.8 Å². The summed E-state index contributed by atoms with van der Waals surface area (Å²) in [5, 5.41) is 3.65. The van der Waals surface area contributed by atoms with Crippen molar-refractivity contribution < 1.29 is 0 Å². The van der Waals surface area contributed by atoms with Gasteiger partial charge in [0.25, 0.3) is 0 Å². The zero-order chi connectivity index (χ0) is 8.32. The Hall–Kier alpha value is -0.0900. The zero-order valence-corrected chi connectivity index (χ0v) is 8.32. The number of hydrogen-bond acceptors (Lipinski definition) is 4. The van der Waals surface area contributed by atoms with Crippen molar-refractivity contribution in [3.63, 3.8) is 0 Å². The first-order valence-electron chi connectivity index (χ1n) is 3.46. The molecule has 1 rings (SSSR count). The van der Waals surface area contributed by atoms with E-state index in [9.17, 15) is 0 Å². The number of nitrogens with one attached hydrogen (secondary N) is 1. The molecule has 0 aliphatic carbocycles. The second-order valence-electron chi connectivity index (χ2n) is 2.77. The average molecular weight is 188 g/mol. The van der Waals surface area contributed by atoms with Crippen LogP contribution in [0.2, 0.25) is 0 Å². The maximum Gasteiger partial charge on any atom is 0.0818 e. The molecule has 0 aromatic rings. The SMILES string of the molecule is CC(SS)C1(C)C=NC=CN1. The lowest BCUT2D eigenvalue weighted by Gasteiger charge is -2.32. The first kappa shape index (κ1) is 9.00. The molecule has 2 nitrogen and oxygen atoms in total. The normalized spacial score (nSPS) is 31.5. The fourth-order valence-electron chi connectivity index (χ4n) is 0.827. The summed E-state index contributed by atoms with van der Waals surface area (Å²) in [5.74, 6) is 0. The Labute approximate surface area is 76.4 Å². The van der Waals surface area contributed by atoms with E-state index in [4.69, 9.17) is 0 Å². The monoisotopic (exact) mass is 188 g/mol. The lowest BCUT2D eigenvalue weighted by atomic mass is 10.00. The van der Waals surface area contributed by atoms with Gasteiger partial charge in [0.2, 0.25) is 0 Å². The minimum absolute atomic E-state index is 0.0544. The van der Waals surface area contributed by atoms with Crippen LogP contribution < -0.4 is 5.32 Å². The molecule has 0 bridgehead atoms. The predicted molar refractivity (Wildman–Crippen MR) is 55.2 cm³/mol. The molecule has 11 heavy (non-hydrogen) atoms. The van der Waals surface area contributed by atoms with E-state index in [1.807, 2.05) is 12.4 Å². The molecule has 0 fully saturated rings. The number of rotatable bonds is 2. The van der Waals surface area contributed by atoms with Gasteiger partial charge in [-0.3, -0.25) is 4.99 Å². The predicted octanol–water partition coefficient (Wildman–Crippen LogP) is 1.86. The van der Waals surface area contributed by atoms with Gasteiger partial charge in [-0.15, -0.1) is 11.7 Å². The minimum atomic E-state index is -0.0544. The molecule has 62 valence electrons. The van der Waals surface area contributed by atoms with E-state index in [1.165, 1.54) is 10.8 Å². The Kier molecular flexibility index (Phi) is 2.90. The molecule has 0 aromatic carbocycles. The summed E-state index contributed by atoms with van der Waals surface area (Å²) in [4.78, 5) is 4.08. The maximum atomic E-state index is 4.17. The van der Waals surface area contributed by atoms with Crippen LogP contribution in [0.4, 0.5) is 0 Å². The Morgan fingerprint density at radius 3 is 2.91 bits per heavy atom. The summed E-state index contributed by atoms with van der Waals surface area (Å²) in [7, 11) is 1.54. The van der Waals surface area contributed by atoms with E-state index in [0.29, 0.717) is 5.25 Å². The summed E-state index contributed by atoms with van der Waals surface area (Å²) in [5.41, 5.74) is -0.0544. The molecule has 2 atom stereocenters. The van der Waals surface area contributed by atoms with E-state index in [2.05, 4.69) is 35.8 Å². The summed E-state index contributed by atoms with van der Waals surface area (Å²) < 4.78 is 0. The molecular weight excluding hydrogens is 176 g/mol. The van der Waals surface area contributed by atoms with Crippen molar-refractivity contribution in [2.45, 2.75) is 24.6 Å². The van der Waals surface area contributed by atoms with Crippen LogP contribution in [0.15, 0.2) is 17.4 Å². The molecule has 1 heterocycles. The second kappa shape index (κ2) is 3.54. The number of hydrogen-bond donors (Lipinski definition) is 2. The fourth-order valence-corrected chi connectivity index (χ4v) is 1.83. The minimum Gasteiger partial charge on any atom is -0.378 e. The fraction of sp³-hybridized carbons (Fsp3) is 0.571. The van der Waals surface area contributed by atoms with Crippen LogP contribution in [0.25, 0.3) is 0 Å². The third kappa shape index (κ3) is 1.93. The van der Waals surface area contributed by atoms with Crippen LogP contribution in [0, 0.1) is 0 Å². The largest absolute Gasteiger partial charge is 0.378 e. The van der Waals surface area contributed by atoms with E-state index in [-0.39, 0.29) is 5.54 Å². The van der Waals surface area contributed by atoms with Gasteiger partial charge in [0.15, 0.2) is 0 Å². The van der Waals surface area contributed by atoms with Gasteiger partial charge in [0.1, 0.15) is 0 Å². The van der Waals surface area contributed by atoms with Gasteiger partial charge >= 0.3 is 0 Å². The average Bonchev–Trinajstić information content (AvgIpc) is 2.04. The summed E-state index contributed by atoms with van der Waals surface area (Å²) in [6, 6.07) is 0. The van der Waals surface area contributed by atoms with Crippen molar-refractivity contribution in [1.29, 1.82) is 0 Å². The van der Waals surface area contributed by atoms with Crippen molar-refractivity contribution in [3.8, 4) is 0 Å². The topological polar surface area (TPSA) is 24.4 Å². The van der Waals surface area contributed by atoms with Gasteiger partial charge in [0.05, 0.1) is 5.54 Å². The molecule has 1 aliphatic heterocycles. The lowest BCUT2D eigenvalue weighted by molar-refractivity contribution is 0.537. The molecule has 1 N–H and O–H groups in total. The Bertz CT molecular complexity index is 191. The standard InChI is InChI=1S/C7H12N2S2/c1-6(11-10)7(2)5-8-3-4-9-7/h3-6,9-10H,1-2H3. The van der Waals surface area contributed by atoms with Crippen LogP contribution in [-0.2, 0) is 0 Å². The molecule has 0 saturated heterocycles. The number of thiol groups is 1. The van der Waals surface area contributed by atoms with Crippen molar-refractivity contribution in [2.24, 2.45) is 4.99 Å². The number of nitrogens with zero attached hydrogens (tertiary/aromatic N) is 1. The Balaban J connectivity index is 2.67. The zero-order valence-electron chi connectivity index (χ0n) is 6.61. The van der Waals surface area contributed by atoms with Gasteiger partial charge in [-0.1, -0.05) is 10.8 Å². The lowest BCUT2D eigenvalue weighted by Crippen LogP contribution is -2.49. The van der Waals surface area contributed by atoms with Crippen LogP contribution in [0.5, 0.6) is 0 Å². The molecule has 0 saturated carbocycles. The summed E-state index contributed by atoms with van der Waals surface area (Å²) in [6.07, 6.45) is 5.53. The van der Waals surface area contributed by atoms with Gasteiger partial charge in [-0.2, -0.15) is 0 Å². The van der Waals surface area contributed by atoms with Crippen molar-refractivity contribution in [1.82, 2.24) is 5.32 Å². The first-order valence-corrected chi connectivity index (χ1v) is 5.39. The summed E-state index contributed by atoms with van der Waals surface area (Å²) in [6.45, 7) is 4.23. The maximum absolute atomic E-state index is 4.17. The van der Waals surface area contributed by atoms with Crippen molar-refractivity contribution in [3.05, 3.63) is 12.4 Å². The molecule has 0 aromatic heterocycles. The highest BCUT2D eigenvalue weighted by Gasteiger charge is 2.28. The Morgan fingerprint density at radius 2 is 2.45 bits per heavy atom. The Morgan fingerprint density at radius 1 is 1.73 bits per heavy atom. The first-order chi connectivity index (χ1) is 5.19. The van der Waals surface area contributed by atoms with E-state index < -0.39 is 0 Å². The van der Waals surface area contributed by atoms with Crippen LogP contribution in [0.1, 0.15) is 13.8 Å². The number of aliphatic imine (C=N–C) groups is 1. The highest BCUT2D eigenvalue weighted by molar-refractivity contribution is 8.68. The van der Waals surface area contributed by atoms with Crippen LogP contribution in [-0.4, -0.2) is 17.0 Å². The highest BCUT2D eigenvalue weighted by Crippen LogP contribution is 2.25. The quantitative estimate of drug-likeness (QED) is 0.510. The molecular formula is C7H12N2S2. The van der Waals surface area contributed by atoms with Crippen molar-refractivity contribution in [2.75, 3.05) is 0 Å². The third-order valence-corrected chi connectivity index (χ3v) is 3.65. The summed E-state index contributed by atoms with van der Waals surface area (Å²) >= 11 is 4.17.